The number of nitrogens with one attached hydrogen (secondary N) is 1. The van der Waals surface area contributed by atoms with Crippen LogP contribution in [0.15, 0.2) is 0 Å². The van der Waals surface area contributed by atoms with Crippen LogP contribution in [0, 0.1) is 0 Å². The number of amides is 1. The van der Waals surface area contributed by atoms with Crippen LogP contribution in [0.5, 0.6) is 0 Å². The minimum absolute atomic E-state index is 0.0137. The summed E-state index contributed by atoms with van der Waals surface area (Å²) in [6.45, 7) is 0.309. The molecule has 0 saturated carbocycles. The Morgan fingerprint density at radius 2 is 2.09 bits per heavy atom. The van der Waals surface area contributed by atoms with Gasteiger partial charge in [-0.05, 0) is 0 Å². The maximum Gasteiger partial charge on any atom is 0.233 e. The highest BCUT2D eigenvalue weighted by Crippen LogP contribution is 1.86. The maximum atomic E-state index is 10.6. The van der Waals surface area contributed by atoms with Crippen molar-refractivity contribution < 1.29 is 14.3 Å². The largest absolute Gasteiger partial charge is 0.354 e. The van der Waals surface area contributed by atoms with Crippen molar-refractivity contribution in [1.82, 2.24) is 5.32 Å². The molecule has 0 fully saturated rings. The van der Waals surface area contributed by atoms with Crippen molar-refractivity contribution in [2.75, 3.05) is 27.3 Å². The van der Waals surface area contributed by atoms with Crippen LogP contribution in [-0.4, -0.2) is 39.5 Å². The van der Waals surface area contributed by atoms with E-state index in [0.717, 1.165) is 0 Å². The van der Waals surface area contributed by atoms with Gasteiger partial charge >= 0.3 is 0 Å². The lowest BCUT2D eigenvalue weighted by Crippen LogP contribution is -2.37. The third-order valence-electron chi connectivity index (χ3n) is 1.18. The molecule has 0 radical (unpaired) electrons. The maximum absolute atomic E-state index is 10.6. The van der Waals surface area contributed by atoms with Gasteiger partial charge in [0.15, 0.2) is 6.29 Å². The summed E-state index contributed by atoms with van der Waals surface area (Å²) >= 11 is 0. The Labute approximate surface area is 65.8 Å². The summed E-state index contributed by atoms with van der Waals surface area (Å²) in [6.07, 6.45) is -0.398. The molecule has 0 rings (SSSR count). The van der Waals surface area contributed by atoms with E-state index < -0.39 is 6.29 Å². The zero-order chi connectivity index (χ0) is 8.69. The van der Waals surface area contributed by atoms with Crippen molar-refractivity contribution >= 4 is 5.91 Å². The van der Waals surface area contributed by atoms with Crippen molar-refractivity contribution in [3.05, 3.63) is 0 Å². The van der Waals surface area contributed by atoms with Gasteiger partial charge < -0.3 is 20.5 Å². The summed E-state index contributed by atoms with van der Waals surface area (Å²) in [4.78, 5) is 10.6. The lowest BCUT2D eigenvalue weighted by atomic mass is 10.5. The van der Waals surface area contributed by atoms with Crippen LogP contribution in [0.1, 0.15) is 0 Å². The first-order valence-corrected chi connectivity index (χ1v) is 3.27. The Morgan fingerprint density at radius 3 is 2.45 bits per heavy atom. The van der Waals surface area contributed by atoms with Gasteiger partial charge in [-0.15, -0.1) is 0 Å². The molecule has 1 amide bonds. The number of rotatable bonds is 5. The Morgan fingerprint density at radius 1 is 1.55 bits per heavy atom. The normalized spacial score (nSPS) is 10.2. The molecule has 5 heteroatoms. The summed E-state index contributed by atoms with van der Waals surface area (Å²) in [6, 6.07) is 0. The fraction of sp³-hybridized carbons (Fsp3) is 0.833. The molecule has 3 N–H and O–H groups in total. The van der Waals surface area contributed by atoms with Gasteiger partial charge in [0, 0.05) is 14.2 Å². The molecule has 0 unspecified atom stereocenters. The third-order valence-corrected chi connectivity index (χ3v) is 1.18. The van der Waals surface area contributed by atoms with E-state index in [0.29, 0.717) is 6.54 Å². The molecule has 0 aromatic carbocycles. The zero-order valence-electron chi connectivity index (χ0n) is 6.79. The molecule has 0 aliphatic carbocycles. The number of methoxy groups -OCH3 is 2. The van der Waals surface area contributed by atoms with Crippen molar-refractivity contribution in [1.29, 1.82) is 0 Å². The van der Waals surface area contributed by atoms with Gasteiger partial charge in [-0.2, -0.15) is 0 Å². The summed E-state index contributed by atoms with van der Waals surface area (Å²) in [5, 5.41) is 2.52. The average molecular weight is 162 g/mol. The van der Waals surface area contributed by atoms with E-state index in [-0.39, 0.29) is 12.5 Å². The quantitative estimate of drug-likeness (QED) is 0.492. The molecular weight excluding hydrogens is 148 g/mol. The van der Waals surface area contributed by atoms with Gasteiger partial charge in [-0.25, -0.2) is 0 Å². The van der Waals surface area contributed by atoms with E-state index in [1.54, 1.807) is 0 Å². The topological polar surface area (TPSA) is 73.6 Å². The van der Waals surface area contributed by atoms with Crippen LogP contribution < -0.4 is 11.1 Å². The molecule has 0 aliphatic heterocycles. The van der Waals surface area contributed by atoms with Gasteiger partial charge in [-0.3, -0.25) is 4.79 Å². The number of hydrogen-bond donors (Lipinski definition) is 2. The fourth-order valence-electron chi connectivity index (χ4n) is 0.532. The van der Waals surface area contributed by atoms with Gasteiger partial charge in [-0.1, -0.05) is 0 Å². The SMILES string of the molecule is COC(CNC(=O)CN)OC. The monoisotopic (exact) mass is 162 g/mol. The van der Waals surface area contributed by atoms with E-state index in [4.69, 9.17) is 15.2 Å². The van der Waals surface area contributed by atoms with Crippen molar-refractivity contribution in [2.24, 2.45) is 5.73 Å². The summed E-state index contributed by atoms with van der Waals surface area (Å²) in [5.41, 5.74) is 5.05. The smallest absolute Gasteiger partial charge is 0.233 e. The molecule has 0 heterocycles. The van der Waals surface area contributed by atoms with Crippen LogP contribution in [-0.2, 0) is 14.3 Å². The average Bonchev–Trinajstić information content (AvgIpc) is 2.06. The van der Waals surface area contributed by atoms with Crippen molar-refractivity contribution in [2.45, 2.75) is 6.29 Å². The second kappa shape index (κ2) is 6.09. The Hall–Kier alpha value is -0.650. The van der Waals surface area contributed by atoms with Gasteiger partial charge in [0.2, 0.25) is 5.91 Å². The van der Waals surface area contributed by atoms with E-state index >= 15 is 0 Å². The molecule has 0 aromatic heterocycles. The molecular formula is C6H14N2O3. The van der Waals surface area contributed by atoms with Crippen LogP contribution in [0.4, 0.5) is 0 Å². The van der Waals surface area contributed by atoms with E-state index in [1.165, 1.54) is 14.2 Å². The van der Waals surface area contributed by atoms with Crippen LogP contribution in [0.25, 0.3) is 0 Å². The Kier molecular flexibility index (Phi) is 5.73. The minimum Gasteiger partial charge on any atom is -0.354 e. The van der Waals surface area contributed by atoms with E-state index in [1.807, 2.05) is 0 Å². The molecule has 66 valence electrons. The predicted molar refractivity (Wildman–Crippen MR) is 39.9 cm³/mol. The Bertz CT molecular complexity index is 114. The van der Waals surface area contributed by atoms with Crippen molar-refractivity contribution in [3.8, 4) is 0 Å². The number of carbonyl (C=O) groups excluding carboxylic acids is 1. The second-order valence-corrected chi connectivity index (χ2v) is 1.91. The first-order valence-electron chi connectivity index (χ1n) is 3.27. The second-order valence-electron chi connectivity index (χ2n) is 1.91. The first-order chi connectivity index (χ1) is 5.24. The van der Waals surface area contributed by atoms with E-state index in [2.05, 4.69) is 5.32 Å². The molecule has 0 bridgehead atoms. The lowest BCUT2D eigenvalue weighted by molar-refractivity contribution is -0.126. The van der Waals surface area contributed by atoms with Crippen LogP contribution in [0.2, 0.25) is 0 Å². The van der Waals surface area contributed by atoms with E-state index in [9.17, 15) is 4.79 Å². The molecule has 0 saturated heterocycles. The Balaban J connectivity index is 3.42. The number of nitrogens with two attached hydrogens (primary N) is 1. The zero-order valence-corrected chi connectivity index (χ0v) is 6.79. The summed E-state index contributed by atoms with van der Waals surface area (Å²) < 4.78 is 9.63. The third kappa shape index (κ3) is 4.72. The predicted octanol–water partition coefficient (Wildman–Crippen LogP) is -1.32. The summed E-state index contributed by atoms with van der Waals surface area (Å²) in [5.74, 6) is -0.218. The van der Waals surface area contributed by atoms with Gasteiger partial charge in [0.05, 0.1) is 13.1 Å². The lowest BCUT2D eigenvalue weighted by Gasteiger charge is -2.13. The van der Waals surface area contributed by atoms with Crippen LogP contribution >= 0.6 is 0 Å². The molecule has 11 heavy (non-hydrogen) atoms. The van der Waals surface area contributed by atoms with Crippen LogP contribution in [0.3, 0.4) is 0 Å². The highest BCUT2D eigenvalue weighted by atomic mass is 16.7. The summed E-state index contributed by atoms with van der Waals surface area (Å²) in [7, 11) is 3.01. The standard InChI is InChI=1S/C6H14N2O3/c1-10-6(11-2)4-8-5(9)3-7/h6H,3-4,7H2,1-2H3,(H,8,9). The van der Waals surface area contributed by atoms with Crippen molar-refractivity contribution in [3.63, 3.8) is 0 Å². The number of hydrogen-bond acceptors (Lipinski definition) is 4. The molecule has 0 atom stereocenters. The number of carbonyl (C=O) groups is 1. The molecule has 0 spiro atoms. The first kappa shape index (κ1) is 10.3. The minimum atomic E-state index is -0.398. The van der Waals surface area contributed by atoms with Gasteiger partial charge in [0.1, 0.15) is 0 Å². The molecule has 0 aromatic rings. The molecule has 5 nitrogen and oxygen atoms in total. The molecule has 0 aliphatic rings. The van der Waals surface area contributed by atoms with Gasteiger partial charge in [0.25, 0.3) is 0 Å². The highest BCUT2D eigenvalue weighted by molar-refractivity contribution is 5.77. The number of ether oxygens (including phenoxy) is 2. The fourth-order valence-corrected chi connectivity index (χ4v) is 0.532. The highest BCUT2D eigenvalue weighted by Gasteiger charge is 2.05.